The molecule has 0 aliphatic carbocycles. The van der Waals surface area contributed by atoms with Gasteiger partial charge in [0, 0.05) is 6.20 Å². The highest BCUT2D eigenvalue weighted by Gasteiger charge is 2.12. The van der Waals surface area contributed by atoms with Crippen molar-refractivity contribution in [2.45, 2.75) is 6.54 Å². The first-order valence-corrected chi connectivity index (χ1v) is 8.06. The lowest BCUT2D eigenvalue weighted by atomic mass is 10.2. The number of aromatic nitrogens is 5. The Kier molecular flexibility index (Phi) is 4.03. The van der Waals surface area contributed by atoms with E-state index in [0.717, 1.165) is 11.3 Å². The normalized spacial score (nSPS) is 11.0. The molecule has 0 bridgehead atoms. The third-order valence-electron chi connectivity index (χ3n) is 3.77. The van der Waals surface area contributed by atoms with Gasteiger partial charge in [0.25, 0.3) is 0 Å². The first-order chi connectivity index (χ1) is 12.2. The van der Waals surface area contributed by atoms with Crippen molar-refractivity contribution >= 4 is 22.6 Å². The van der Waals surface area contributed by atoms with Gasteiger partial charge in [0.15, 0.2) is 11.0 Å². The van der Waals surface area contributed by atoms with Crippen molar-refractivity contribution in [3.05, 3.63) is 65.6 Å². The molecule has 3 heterocycles. The number of rotatable bonds is 4. The molecular weight excluding hydrogens is 338 g/mol. The van der Waals surface area contributed by atoms with Crippen LogP contribution in [0.3, 0.4) is 0 Å². The largest absolute Gasteiger partial charge is 0.497 e. The van der Waals surface area contributed by atoms with E-state index in [2.05, 4.69) is 20.1 Å². The molecule has 0 N–H and O–H groups in total. The van der Waals surface area contributed by atoms with Crippen molar-refractivity contribution in [3.63, 3.8) is 0 Å². The second kappa shape index (κ2) is 6.49. The van der Waals surface area contributed by atoms with Crippen molar-refractivity contribution < 1.29 is 4.74 Å². The molecule has 0 unspecified atom stereocenters. The van der Waals surface area contributed by atoms with Crippen LogP contribution in [0.1, 0.15) is 5.56 Å². The molecule has 0 fully saturated rings. The first-order valence-electron chi connectivity index (χ1n) is 7.68. The number of halogens is 1. The number of hydrogen-bond acceptors (Lipinski definition) is 5. The zero-order valence-corrected chi connectivity index (χ0v) is 14.2. The van der Waals surface area contributed by atoms with Gasteiger partial charge in [0.1, 0.15) is 22.5 Å². The highest BCUT2D eigenvalue weighted by molar-refractivity contribution is 6.33. The Labute approximate surface area is 149 Å². The summed E-state index contributed by atoms with van der Waals surface area (Å²) in [6, 6.07) is 13.4. The van der Waals surface area contributed by atoms with E-state index in [0.29, 0.717) is 34.2 Å². The van der Waals surface area contributed by atoms with Crippen molar-refractivity contribution in [2.75, 3.05) is 7.11 Å². The predicted molar refractivity (Wildman–Crippen MR) is 95.7 cm³/mol. The molecule has 0 amide bonds. The summed E-state index contributed by atoms with van der Waals surface area (Å²) in [5, 5.41) is 4.81. The maximum atomic E-state index is 6.30. The molecule has 124 valence electrons. The first kappa shape index (κ1) is 15.5. The van der Waals surface area contributed by atoms with E-state index >= 15 is 0 Å². The molecule has 4 rings (SSSR count). The minimum Gasteiger partial charge on any atom is -0.497 e. The van der Waals surface area contributed by atoms with E-state index in [-0.39, 0.29) is 0 Å². The third-order valence-corrected chi connectivity index (χ3v) is 4.03. The van der Waals surface area contributed by atoms with Crippen LogP contribution in [0.25, 0.3) is 22.6 Å². The number of benzene rings is 1. The minimum atomic E-state index is 0.319. The number of nitrogens with zero attached hydrogens (tertiary/aromatic N) is 5. The molecule has 25 heavy (non-hydrogen) atoms. The molecule has 0 aliphatic rings. The van der Waals surface area contributed by atoms with Gasteiger partial charge in [-0.1, -0.05) is 29.8 Å². The van der Waals surface area contributed by atoms with E-state index in [1.165, 1.54) is 0 Å². The molecule has 0 spiro atoms. The summed E-state index contributed by atoms with van der Waals surface area (Å²) in [5.41, 5.74) is 3.04. The number of methoxy groups -OCH3 is 1. The lowest BCUT2D eigenvalue weighted by Gasteiger charge is -2.03. The summed E-state index contributed by atoms with van der Waals surface area (Å²) < 4.78 is 6.98. The average molecular weight is 352 g/mol. The predicted octanol–water partition coefficient (Wildman–Crippen LogP) is 3.60. The Morgan fingerprint density at radius 2 is 1.92 bits per heavy atom. The summed E-state index contributed by atoms with van der Waals surface area (Å²) in [4.78, 5) is 13.1. The van der Waals surface area contributed by atoms with E-state index < -0.39 is 0 Å². The zero-order chi connectivity index (χ0) is 17.2. The summed E-state index contributed by atoms with van der Waals surface area (Å²) in [6.07, 6.45) is 3.56. The quantitative estimate of drug-likeness (QED) is 0.525. The third kappa shape index (κ3) is 3.16. The van der Waals surface area contributed by atoms with Gasteiger partial charge in [0.2, 0.25) is 0 Å². The van der Waals surface area contributed by atoms with Crippen LogP contribution < -0.4 is 4.74 Å². The second-order valence-corrected chi connectivity index (χ2v) is 5.82. The van der Waals surface area contributed by atoms with E-state index in [1.54, 1.807) is 18.0 Å². The number of fused-ring (bicyclic) bond motifs is 1. The van der Waals surface area contributed by atoms with E-state index in [1.807, 2.05) is 48.7 Å². The van der Waals surface area contributed by atoms with Crippen molar-refractivity contribution in [2.24, 2.45) is 0 Å². The fourth-order valence-electron chi connectivity index (χ4n) is 2.53. The van der Waals surface area contributed by atoms with E-state index in [9.17, 15) is 0 Å². The molecule has 1 aromatic carbocycles. The van der Waals surface area contributed by atoms with Gasteiger partial charge < -0.3 is 4.74 Å². The molecule has 6 nitrogen and oxygen atoms in total. The molecule has 0 atom stereocenters. The van der Waals surface area contributed by atoms with Crippen molar-refractivity contribution in [3.8, 4) is 17.3 Å². The fraction of sp³-hybridized carbons (Fsp3) is 0.111. The Morgan fingerprint density at radius 3 is 2.64 bits per heavy atom. The van der Waals surface area contributed by atoms with Crippen LogP contribution in [-0.4, -0.2) is 31.8 Å². The van der Waals surface area contributed by atoms with Crippen LogP contribution in [-0.2, 0) is 6.54 Å². The van der Waals surface area contributed by atoms with Gasteiger partial charge >= 0.3 is 0 Å². The topological polar surface area (TPSA) is 65.7 Å². The fourth-order valence-corrected chi connectivity index (χ4v) is 2.75. The highest BCUT2D eigenvalue weighted by atomic mass is 35.5. The molecule has 0 saturated carbocycles. The Morgan fingerprint density at radius 1 is 1.08 bits per heavy atom. The number of ether oxygens (including phenoxy) is 1. The molecule has 0 aliphatic heterocycles. The van der Waals surface area contributed by atoms with Crippen LogP contribution in [0.4, 0.5) is 0 Å². The summed E-state index contributed by atoms with van der Waals surface area (Å²) in [6.45, 7) is 0.607. The van der Waals surface area contributed by atoms with Gasteiger partial charge in [-0.05, 0) is 29.8 Å². The molecule has 3 aromatic heterocycles. The molecule has 7 heteroatoms. The average Bonchev–Trinajstić information content (AvgIpc) is 3.06. The number of pyridine rings is 1. The second-order valence-electron chi connectivity index (χ2n) is 5.46. The maximum absolute atomic E-state index is 6.30. The van der Waals surface area contributed by atoms with Crippen LogP contribution in [0.2, 0.25) is 5.15 Å². The smallest absolute Gasteiger partial charge is 0.180 e. The zero-order valence-electron chi connectivity index (χ0n) is 13.4. The van der Waals surface area contributed by atoms with Crippen molar-refractivity contribution in [1.82, 2.24) is 24.7 Å². The molecule has 0 radical (unpaired) electrons. The Hall–Kier alpha value is -2.99. The monoisotopic (exact) mass is 351 g/mol. The molecule has 0 saturated heterocycles. The Bertz CT molecular complexity index is 1020. The van der Waals surface area contributed by atoms with Gasteiger partial charge in [0.05, 0.1) is 19.9 Å². The maximum Gasteiger partial charge on any atom is 0.180 e. The SMILES string of the molecule is COc1ccc(Cn2cc3nc(-c4ccccn4)nc(Cl)c3n2)cc1. The summed E-state index contributed by atoms with van der Waals surface area (Å²) >= 11 is 6.30. The van der Waals surface area contributed by atoms with Gasteiger partial charge in [-0.2, -0.15) is 5.10 Å². The van der Waals surface area contributed by atoms with Crippen molar-refractivity contribution in [1.29, 1.82) is 0 Å². The lowest BCUT2D eigenvalue weighted by Crippen LogP contribution is -1.99. The molecular formula is C18H14ClN5O. The molecule has 4 aromatic rings. The Balaban J connectivity index is 1.68. The summed E-state index contributed by atoms with van der Waals surface area (Å²) in [7, 11) is 1.65. The lowest BCUT2D eigenvalue weighted by molar-refractivity contribution is 0.414. The highest BCUT2D eigenvalue weighted by Crippen LogP contribution is 2.23. The van der Waals surface area contributed by atoms with Crippen LogP contribution in [0.5, 0.6) is 5.75 Å². The number of hydrogen-bond donors (Lipinski definition) is 0. The van der Waals surface area contributed by atoms with Crippen LogP contribution in [0, 0.1) is 0 Å². The minimum absolute atomic E-state index is 0.319. The standard InChI is InChI=1S/C18H14ClN5O/c1-25-13-7-5-12(6-8-13)10-24-11-15-16(23-24)17(19)22-18(21-15)14-4-2-3-9-20-14/h2-9,11H,10H2,1H3. The van der Waals surface area contributed by atoms with Gasteiger partial charge in [-0.25, -0.2) is 9.97 Å². The van der Waals surface area contributed by atoms with Gasteiger partial charge in [-0.15, -0.1) is 0 Å². The van der Waals surface area contributed by atoms with Crippen LogP contribution >= 0.6 is 11.6 Å². The van der Waals surface area contributed by atoms with Gasteiger partial charge in [-0.3, -0.25) is 9.67 Å². The van der Waals surface area contributed by atoms with Crippen LogP contribution in [0.15, 0.2) is 54.9 Å². The van der Waals surface area contributed by atoms with E-state index in [4.69, 9.17) is 16.3 Å². The summed E-state index contributed by atoms with van der Waals surface area (Å²) in [5.74, 6) is 1.31.